The Balaban J connectivity index is 1.79. The summed E-state index contributed by atoms with van der Waals surface area (Å²) >= 11 is 6.04. The summed E-state index contributed by atoms with van der Waals surface area (Å²) in [4.78, 5) is 4.40. The van der Waals surface area contributed by atoms with Gasteiger partial charge in [-0.25, -0.2) is 13.6 Å². The molecule has 4 rings (SSSR count). The van der Waals surface area contributed by atoms with E-state index in [4.69, 9.17) is 16.7 Å². The van der Waals surface area contributed by atoms with E-state index in [1.54, 1.807) is 6.07 Å². The summed E-state index contributed by atoms with van der Waals surface area (Å²) in [6.07, 6.45) is 10.6. The smallest absolute Gasteiger partial charge is 0.239 e. The second-order valence-corrected chi connectivity index (χ2v) is 8.99. The maximum atomic E-state index is 11.5. The third-order valence-electron chi connectivity index (χ3n) is 5.18. The molecule has 1 spiro atoms. The zero-order valence-electron chi connectivity index (χ0n) is 14.2. The minimum Gasteiger partial charge on any atom is -0.255 e. The molecular weight excluding hydrogens is 368 g/mol. The summed E-state index contributed by atoms with van der Waals surface area (Å²) < 4.78 is 23.0. The van der Waals surface area contributed by atoms with Crippen molar-refractivity contribution in [3.05, 3.63) is 71.0 Å². The third kappa shape index (κ3) is 3.22. The van der Waals surface area contributed by atoms with Crippen LogP contribution in [-0.2, 0) is 10.0 Å². The number of pyridine rings is 1. The standard InChI is InChI=1S/C20H19ClN2O2S/c21-15-5-3-14(4-6-15)17-11-20(9-1-2-10-20)12-18(17)19-8-7-16(13-23-19)26(22,24)25/h3-8,11-13H,1-2,9-10H2,(H2,22,24,25). The fraction of sp³-hybridized carbons (Fsp3) is 0.250. The number of hydrogen-bond acceptors (Lipinski definition) is 3. The molecule has 1 fully saturated rings. The highest BCUT2D eigenvalue weighted by atomic mass is 35.5. The Bertz CT molecular complexity index is 1000. The Morgan fingerprint density at radius 1 is 0.962 bits per heavy atom. The molecular formula is C20H19ClN2O2S. The molecule has 4 nitrogen and oxygen atoms in total. The van der Waals surface area contributed by atoms with Crippen LogP contribution < -0.4 is 5.14 Å². The van der Waals surface area contributed by atoms with Crippen molar-refractivity contribution in [2.24, 2.45) is 10.6 Å². The molecule has 26 heavy (non-hydrogen) atoms. The second kappa shape index (κ2) is 6.34. The lowest BCUT2D eigenvalue weighted by Crippen LogP contribution is -2.12. The molecule has 1 aromatic heterocycles. The van der Waals surface area contributed by atoms with Gasteiger partial charge in [0, 0.05) is 22.2 Å². The Kier molecular flexibility index (Phi) is 4.26. The molecule has 2 N–H and O–H groups in total. The van der Waals surface area contributed by atoms with Crippen molar-refractivity contribution in [1.29, 1.82) is 0 Å². The number of nitrogens with zero attached hydrogens (tertiary/aromatic N) is 1. The van der Waals surface area contributed by atoms with Gasteiger partial charge in [0.2, 0.25) is 10.0 Å². The van der Waals surface area contributed by atoms with Crippen molar-refractivity contribution in [2.45, 2.75) is 30.6 Å². The van der Waals surface area contributed by atoms with Gasteiger partial charge in [-0.3, -0.25) is 4.98 Å². The minimum atomic E-state index is -3.75. The van der Waals surface area contributed by atoms with E-state index in [1.165, 1.54) is 25.1 Å². The van der Waals surface area contributed by atoms with Crippen molar-refractivity contribution in [1.82, 2.24) is 4.98 Å². The Morgan fingerprint density at radius 3 is 2.19 bits per heavy atom. The Morgan fingerprint density at radius 2 is 1.62 bits per heavy atom. The molecule has 0 unspecified atom stereocenters. The lowest BCUT2D eigenvalue weighted by molar-refractivity contribution is 0.523. The van der Waals surface area contributed by atoms with Crippen LogP contribution in [0.5, 0.6) is 0 Å². The van der Waals surface area contributed by atoms with Crippen LogP contribution in [0.15, 0.2) is 59.6 Å². The summed E-state index contributed by atoms with van der Waals surface area (Å²) in [6, 6.07) is 11.0. The number of benzene rings is 1. The molecule has 6 heteroatoms. The molecule has 1 saturated carbocycles. The van der Waals surface area contributed by atoms with E-state index >= 15 is 0 Å². The Labute approximate surface area is 158 Å². The molecule has 0 radical (unpaired) electrons. The predicted molar refractivity (Wildman–Crippen MR) is 104 cm³/mol. The fourth-order valence-electron chi connectivity index (χ4n) is 3.88. The molecule has 2 aromatic rings. The third-order valence-corrected chi connectivity index (χ3v) is 6.33. The van der Waals surface area contributed by atoms with Crippen LogP contribution in [0.3, 0.4) is 0 Å². The normalized spacial score (nSPS) is 18.8. The van der Waals surface area contributed by atoms with Gasteiger partial charge in [-0.2, -0.15) is 0 Å². The molecule has 0 bridgehead atoms. The predicted octanol–water partition coefficient (Wildman–Crippen LogP) is 4.42. The lowest BCUT2D eigenvalue weighted by atomic mass is 9.88. The summed E-state index contributed by atoms with van der Waals surface area (Å²) in [6.45, 7) is 0. The van der Waals surface area contributed by atoms with Gasteiger partial charge >= 0.3 is 0 Å². The molecule has 1 heterocycles. The van der Waals surface area contributed by atoms with E-state index in [-0.39, 0.29) is 10.3 Å². The van der Waals surface area contributed by atoms with Crippen LogP contribution in [0, 0.1) is 5.41 Å². The number of primary sulfonamides is 1. The van der Waals surface area contributed by atoms with E-state index in [2.05, 4.69) is 17.1 Å². The number of allylic oxidation sites excluding steroid dienone is 4. The first-order valence-electron chi connectivity index (χ1n) is 8.58. The van der Waals surface area contributed by atoms with Gasteiger partial charge in [0.25, 0.3) is 0 Å². The monoisotopic (exact) mass is 386 g/mol. The van der Waals surface area contributed by atoms with Crippen molar-refractivity contribution in [3.63, 3.8) is 0 Å². The summed E-state index contributed by atoms with van der Waals surface area (Å²) in [5.41, 5.74) is 4.07. The van der Waals surface area contributed by atoms with Crippen LogP contribution in [0.2, 0.25) is 5.02 Å². The number of aromatic nitrogens is 1. The van der Waals surface area contributed by atoms with Crippen molar-refractivity contribution in [2.75, 3.05) is 0 Å². The van der Waals surface area contributed by atoms with Gasteiger partial charge in [0.1, 0.15) is 4.90 Å². The zero-order valence-corrected chi connectivity index (χ0v) is 15.7. The van der Waals surface area contributed by atoms with Crippen LogP contribution >= 0.6 is 11.6 Å². The molecule has 0 aliphatic heterocycles. The summed E-state index contributed by atoms with van der Waals surface area (Å²) in [5, 5.41) is 5.88. The van der Waals surface area contributed by atoms with Crippen LogP contribution in [0.1, 0.15) is 36.9 Å². The summed E-state index contributed by atoms with van der Waals surface area (Å²) in [5.74, 6) is 0. The summed E-state index contributed by atoms with van der Waals surface area (Å²) in [7, 11) is -3.75. The van der Waals surface area contributed by atoms with Gasteiger partial charge < -0.3 is 0 Å². The number of rotatable bonds is 3. The van der Waals surface area contributed by atoms with E-state index in [0.717, 1.165) is 35.2 Å². The molecule has 2 aliphatic carbocycles. The highest BCUT2D eigenvalue weighted by Gasteiger charge is 2.36. The van der Waals surface area contributed by atoms with Gasteiger partial charge in [0.15, 0.2) is 0 Å². The Hall–Kier alpha value is -1.95. The largest absolute Gasteiger partial charge is 0.255 e. The second-order valence-electron chi connectivity index (χ2n) is 6.99. The van der Waals surface area contributed by atoms with Gasteiger partial charge in [-0.05, 0) is 48.2 Å². The minimum absolute atomic E-state index is 0.0208. The van der Waals surface area contributed by atoms with E-state index in [1.807, 2.05) is 24.3 Å². The molecule has 1 aromatic carbocycles. The van der Waals surface area contributed by atoms with Crippen molar-refractivity contribution < 1.29 is 8.42 Å². The number of sulfonamides is 1. The number of nitrogens with two attached hydrogens (primary N) is 1. The van der Waals surface area contributed by atoms with Crippen LogP contribution in [-0.4, -0.2) is 13.4 Å². The van der Waals surface area contributed by atoms with Gasteiger partial charge in [-0.15, -0.1) is 0 Å². The highest BCUT2D eigenvalue weighted by molar-refractivity contribution is 7.89. The van der Waals surface area contributed by atoms with Crippen molar-refractivity contribution >= 4 is 32.8 Å². The number of hydrogen-bond donors (Lipinski definition) is 1. The van der Waals surface area contributed by atoms with Crippen LogP contribution in [0.25, 0.3) is 11.1 Å². The van der Waals surface area contributed by atoms with E-state index < -0.39 is 10.0 Å². The topological polar surface area (TPSA) is 73.1 Å². The maximum Gasteiger partial charge on any atom is 0.239 e. The van der Waals surface area contributed by atoms with E-state index in [0.29, 0.717) is 5.02 Å². The molecule has 0 atom stereocenters. The maximum absolute atomic E-state index is 11.5. The number of halogens is 1. The first-order valence-corrected chi connectivity index (χ1v) is 10.5. The molecule has 134 valence electrons. The average molecular weight is 387 g/mol. The fourth-order valence-corrected chi connectivity index (χ4v) is 4.47. The molecule has 0 amide bonds. The van der Waals surface area contributed by atoms with E-state index in [9.17, 15) is 8.42 Å². The highest BCUT2D eigenvalue weighted by Crippen LogP contribution is 2.51. The van der Waals surface area contributed by atoms with Gasteiger partial charge in [0.05, 0.1) is 5.69 Å². The van der Waals surface area contributed by atoms with Gasteiger partial charge in [-0.1, -0.05) is 48.7 Å². The first kappa shape index (κ1) is 17.5. The zero-order chi connectivity index (χ0) is 18.4. The lowest BCUT2D eigenvalue weighted by Gasteiger charge is -2.16. The van der Waals surface area contributed by atoms with Crippen LogP contribution in [0.4, 0.5) is 0 Å². The molecule has 2 aliphatic rings. The quantitative estimate of drug-likeness (QED) is 0.848. The van der Waals surface area contributed by atoms with Crippen molar-refractivity contribution in [3.8, 4) is 0 Å². The SMILES string of the molecule is NS(=O)(=O)c1ccc(C2=CC3(C=C2c2ccc(Cl)cc2)CCCC3)nc1. The first-order chi connectivity index (χ1) is 12.4. The average Bonchev–Trinajstić information content (AvgIpc) is 3.22. The molecule has 0 saturated heterocycles.